The molecule has 2 aromatic heterocycles. The second-order valence-electron chi connectivity index (χ2n) is 6.15. The molecule has 2 heterocycles. The Bertz CT molecular complexity index is 952. The van der Waals surface area contributed by atoms with Crippen molar-refractivity contribution in [3.63, 3.8) is 0 Å². The van der Waals surface area contributed by atoms with E-state index in [1.807, 2.05) is 30.3 Å². The minimum Gasteiger partial charge on any atom is -0.374 e. The van der Waals surface area contributed by atoms with Crippen LogP contribution in [0, 0.1) is 0 Å². The Morgan fingerprint density at radius 1 is 1.15 bits per heavy atom. The van der Waals surface area contributed by atoms with E-state index < -0.39 is 0 Å². The zero-order valence-electron chi connectivity index (χ0n) is 14.8. The predicted octanol–water partition coefficient (Wildman–Crippen LogP) is 2.49. The maximum atomic E-state index is 12.2. The second-order valence-corrected chi connectivity index (χ2v) is 7.24. The molecule has 1 aromatic carbocycles. The monoisotopic (exact) mass is 383 g/mol. The molecule has 1 amide bonds. The Morgan fingerprint density at radius 3 is 2.67 bits per heavy atom. The zero-order valence-corrected chi connectivity index (χ0v) is 15.6. The fraction of sp³-hybridized carbons (Fsp3) is 0.263. The lowest BCUT2D eigenvalue weighted by Crippen LogP contribution is -2.21. The molecule has 140 valence electrons. The lowest BCUT2D eigenvalue weighted by Gasteiger charge is -2.08. The molecule has 0 aliphatic rings. The van der Waals surface area contributed by atoms with Crippen molar-refractivity contribution in [2.45, 2.75) is 32.2 Å². The molecule has 0 aliphatic heterocycles. The van der Waals surface area contributed by atoms with E-state index in [0.29, 0.717) is 17.4 Å². The van der Waals surface area contributed by atoms with Gasteiger partial charge < -0.3 is 15.6 Å². The number of nitrogens with two attached hydrogens (primary N) is 1. The average Bonchev–Trinajstić information content (AvgIpc) is 3.06. The highest BCUT2D eigenvalue weighted by Gasteiger charge is 2.06. The molecule has 0 spiro atoms. The number of anilines is 2. The number of nitrogen functional groups attached to an aromatic ring is 1. The number of aromatic nitrogens is 3. The van der Waals surface area contributed by atoms with Gasteiger partial charge in [0, 0.05) is 30.9 Å². The van der Waals surface area contributed by atoms with Crippen LogP contribution in [0.25, 0.3) is 0 Å². The van der Waals surface area contributed by atoms with Crippen molar-refractivity contribution in [1.29, 1.82) is 0 Å². The topological polar surface area (TPSA) is 103 Å². The van der Waals surface area contributed by atoms with E-state index >= 15 is 0 Å². The molecule has 7 nitrogen and oxygen atoms in total. The van der Waals surface area contributed by atoms with E-state index in [9.17, 15) is 9.59 Å². The molecule has 0 unspecified atom stereocenters. The van der Waals surface area contributed by atoms with Crippen molar-refractivity contribution in [2.75, 3.05) is 11.1 Å². The number of carbonyl (C=O) groups excluding carboxylic acids is 1. The smallest absolute Gasteiger partial charge is 0.252 e. The number of carbonyl (C=O) groups is 1. The molecule has 0 atom stereocenters. The molecule has 0 radical (unpaired) electrons. The van der Waals surface area contributed by atoms with E-state index in [0.717, 1.165) is 29.8 Å². The number of nitrogens with one attached hydrogen (secondary N) is 1. The summed E-state index contributed by atoms with van der Waals surface area (Å²) in [6.45, 7) is 0.616. The summed E-state index contributed by atoms with van der Waals surface area (Å²) >= 11 is 1.39. The lowest BCUT2D eigenvalue weighted by molar-refractivity contribution is -0.115. The van der Waals surface area contributed by atoms with Crippen LogP contribution in [-0.4, -0.2) is 20.7 Å². The number of amides is 1. The average molecular weight is 383 g/mol. The predicted molar refractivity (Wildman–Crippen MR) is 107 cm³/mol. The summed E-state index contributed by atoms with van der Waals surface area (Å²) in [6.07, 6.45) is 4.54. The van der Waals surface area contributed by atoms with E-state index in [1.165, 1.54) is 17.4 Å². The van der Waals surface area contributed by atoms with Crippen molar-refractivity contribution in [3.8, 4) is 0 Å². The number of aryl methyl sites for hydroxylation is 2. The summed E-state index contributed by atoms with van der Waals surface area (Å²) in [4.78, 5) is 24.3. The molecular formula is C19H21N5O2S. The highest BCUT2D eigenvalue weighted by Crippen LogP contribution is 2.13. The Kier molecular flexibility index (Phi) is 6.32. The van der Waals surface area contributed by atoms with Crippen LogP contribution in [-0.2, 0) is 24.2 Å². The van der Waals surface area contributed by atoms with E-state index in [2.05, 4.69) is 15.5 Å². The van der Waals surface area contributed by atoms with Gasteiger partial charge in [0.15, 0.2) is 0 Å². The minimum atomic E-state index is -0.144. The van der Waals surface area contributed by atoms with Crippen LogP contribution in [0.15, 0.2) is 53.5 Å². The van der Waals surface area contributed by atoms with Crippen LogP contribution in [0.1, 0.15) is 23.4 Å². The van der Waals surface area contributed by atoms with Gasteiger partial charge in [0.25, 0.3) is 5.56 Å². The van der Waals surface area contributed by atoms with Gasteiger partial charge in [0.05, 0.1) is 6.42 Å². The molecule has 0 aliphatic carbocycles. The van der Waals surface area contributed by atoms with Crippen LogP contribution >= 0.6 is 11.3 Å². The normalized spacial score (nSPS) is 10.7. The fourth-order valence-corrected chi connectivity index (χ4v) is 3.33. The number of unbranched alkanes of at least 4 members (excludes halogenated alkanes) is 1. The van der Waals surface area contributed by atoms with Crippen LogP contribution < -0.4 is 16.6 Å². The van der Waals surface area contributed by atoms with Gasteiger partial charge in [-0.3, -0.25) is 9.59 Å². The summed E-state index contributed by atoms with van der Waals surface area (Å²) < 4.78 is 1.64. The summed E-state index contributed by atoms with van der Waals surface area (Å²) in [5.74, 6) is -0.144. The van der Waals surface area contributed by atoms with Crippen LogP contribution in [0.2, 0.25) is 0 Å². The number of hydrogen-bond donors (Lipinski definition) is 2. The van der Waals surface area contributed by atoms with Crippen molar-refractivity contribution >= 4 is 28.1 Å². The SMILES string of the molecule is Nc1nnc(CCCCn2ccc(NC(=O)Cc3ccccc3)cc2=O)s1. The Hall–Kier alpha value is -3.00. The van der Waals surface area contributed by atoms with Gasteiger partial charge in [-0.15, -0.1) is 10.2 Å². The van der Waals surface area contributed by atoms with E-state index in [1.54, 1.807) is 16.8 Å². The van der Waals surface area contributed by atoms with Gasteiger partial charge in [-0.25, -0.2) is 0 Å². The first-order valence-electron chi connectivity index (χ1n) is 8.72. The fourth-order valence-electron chi connectivity index (χ4n) is 2.68. The highest BCUT2D eigenvalue weighted by molar-refractivity contribution is 7.15. The van der Waals surface area contributed by atoms with Gasteiger partial charge in [-0.05, 0) is 24.5 Å². The Morgan fingerprint density at radius 2 is 1.96 bits per heavy atom. The third-order valence-corrected chi connectivity index (χ3v) is 4.82. The number of pyridine rings is 1. The number of hydrogen-bond acceptors (Lipinski definition) is 6. The first kappa shape index (κ1) is 18.8. The maximum Gasteiger partial charge on any atom is 0.252 e. The first-order valence-corrected chi connectivity index (χ1v) is 9.54. The molecule has 3 N–H and O–H groups in total. The molecule has 0 fully saturated rings. The first-order chi connectivity index (χ1) is 13.1. The van der Waals surface area contributed by atoms with Crippen molar-refractivity contribution in [3.05, 3.63) is 69.6 Å². The van der Waals surface area contributed by atoms with Crippen LogP contribution in [0.3, 0.4) is 0 Å². The number of benzene rings is 1. The maximum absolute atomic E-state index is 12.2. The minimum absolute atomic E-state index is 0.132. The Balaban J connectivity index is 1.48. The molecule has 8 heteroatoms. The lowest BCUT2D eigenvalue weighted by atomic mass is 10.1. The van der Waals surface area contributed by atoms with E-state index in [4.69, 9.17) is 5.73 Å². The second kappa shape index (κ2) is 9.09. The molecule has 3 aromatic rings. The molecular weight excluding hydrogens is 362 g/mol. The zero-order chi connectivity index (χ0) is 19.1. The molecule has 3 rings (SSSR count). The summed E-state index contributed by atoms with van der Waals surface area (Å²) in [5, 5.41) is 11.9. The van der Waals surface area contributed by atoms with Gasteiger partial charge in [0.2, 0.25) is 11.0 Å². The van der Waals surface area contributed by atoms with Crippen LogP contribution in [0.4, 0.5) is 10.8 Å². The summed E-state index contributed by atoms with van der Waals surface area (Å²) in [7, 11) is 0. The van der Waals surface area contributed by atoms with E-state index in [-0.39, 0.29) is 17.9 Å². The largest absolute Gasteiger partial charge is 0.374 e. The van der Waals surface area contributed by atoms with Gasteiger partial charge in [-0.2, -0.15) is 0 Å². The summed E-state index contributed by atoms with van der Waals surface area (Å²) in [6, 6.07) is 12.7. The standard InChI is InChI=1S/C19H21N5O2S/c20-19-23-22-17(27-19)8-4-5-10-24-11-9-15(13-18(24)26)21-16(25)12-14-6-2-1-3-7-14/h1-3,6-7,9,11,13H,4-5,8,10,12H2,(H2,20,23)(H,21,25). The van der Waals surface area contributed by atoms with Gasteiger partial charge in [-0.1, -0.05) is 41.7 Å². The molecule has 0 bridgehead atoms. The van der Waals surface area contributed by atoms with Gasteiger partial charge >= 0.3 is 0 Å². The van der Waals surface area contributed by atoms with Crippen molar-refractivity contribution in [1.82, 2.24) is 14.8 Å². The summed E-state index contributed by atoms with van der Waals surface area (Å²) in [5.41, 5.74) is 6.87. The number of rotatable bonds is 8. The number of nitrogens with zero attached hydrogens (tertiary/aromatic N) is 3. The van der Waals surface area contributed by atoms with Crippen molar-refractivity contribution < 1.29 is 4.79 Å². The quantitative estimate of drug-likeness (QED) is 0.582. The molecule has 0 saturated carbocycles. The Labute approximate surface area is 160 Å². The highest BCUT2D eigenvalue weighted by atomic mass is 32.1. The molecule has 27 heavy (non-hydrogen) atoms. The molecule has 0 saturated heterocycles. The third-order valence-electron chi connectivity index (χ3n) is 4.01. The van der Waals surface area contributed by atoms with Crippen LogP contribution in [0.5, 0.6) is 0 Å². The third kappa shape index (κ3) is 5.75. The van der Waals surface area contributed by atoms with Crippen molar-refractivity contribution in [2.24, 2.45) is 0 Å². The van der Waals surface area contributed by atoms with Gasteiger partial charge in [0.1, 0.15) is 5.01 Å².